The molecule has 6 atom stereocenters. The molecule has 1 fully saturated rings. The van der Waals surface area contributed by atoms with E-state index in [4.69, 9.17) is 19.0 Å². The number of hydrogen-bond donors (Lipinski definition) is 7. The van der Waals surface area contributed by atoms with Crippen LogP contribution in [-0.2, 0) is 37.3 Å². The molecule has 0 spiro atoms. The van der Waals surface area contributed by atoms with Gasteiger partial charge in [0, 0.05) is 6.54 Å². The highest BCUT2D eigenvalue weighted by atomic mass is 31.3. The van der Waals surface area contributed by atoms with Crippen molar-refractivity contribution in [3.8, 4) is 0 Å². The zero-order valence-corrected chi connectivity index (χ0v) is 27.9. The Labute approximate surface area is 261 Å². The SMILES string of the molecule is CCCCCCCCCC[C@@]1(n2cnc3c(NCCCC)ncnc32)O[C@H](COP(=O)(O)OP(=O)(O)OP(=O)(O)O)[C@@H](O)[C@H]1O. The van der Waals surface area contributed by atoms with Crippen molar-refractivity contribution in [1.29, 1.82) is 0 Å². The zero-order valence-electron chi connectivity index (χ0n) is 25.3. The smallest absolute Gasteiger partial charge is 0.387 e. The van der Waals surface area contributed by atoms with Crippen LogP contribution in [0.4, 0.5) is 5.82 Å². The standard InChI is InChI=1S/C24H44N5O13P3/c1-3-5-7-8-9-10-11-12-13-24(29-17-28-19-22(25-14-6-4-2)26-16-27-23(19)29)21(31)20(30)18(40-24)15-39-44(35,36)42-45(37,38)41-43(32,33)34/h16-18,20-21,30-31H,3-15H2,1-2H3,(H,35,36)(H,37,38)(H,25,26,27)(H2,32,33,34)/t18-,20-,21-,24-/m1/s1. The number of rotatable bonds is 21. The van der Waals surface area contributed by atoms with Crippen molar-refractivity contribution in [3.05, 3.63) is 12.7 Å². The van der Waals surface area contributed by atoms with E-state index in [1.165, 1.54) is 23.6 Å². The van der Waals surface area contributed by atoms with E-state index in [1.807, 2.05) is 6.92 Å². The third-order valence-corrected chi connectivity index (χ3v) is 11.1. The average Bonchev–Trinajstić information content (AvgIpc) is 3.48. The molecule has 18 nitrogen and oxygen atoms in total. The van der Waals surface area contributed by atoms with Crippen molar-refractivity contribution < 1.29 is 61.4 Å². The number of fused-ring (bicyclic) bond motifs is 1. The van der Waals surface area contributed by atoms with Gasteiger partial charge < -0.3 is 39.8 Å². The van der Waals surface area contributed by atoms with Crippen LogP contribution < -0.4 is 5.32 Å². The minimum Gasteiger partial charge on any atom is -0.387 e. The molecule has 1 aliphatic rings. The number of nitrogens with zero attached hydrogens (tertiary/aromatic N) is 4. The normalized spacial score (nSPS) is 24.9. The Balaban J connectivity index is 1.83. The molecule has 2 unspecified atom stereocenters. The lowest BCUT2D eigenvalue weighted by atomic mass is 9.95. The highest BCUT2D eigenvalue weighted by Gasteiger charge is 2.56. The topological polar surface area (TPSA) is 265 Å². The predicted molar refractivity (Wildman–Crippen MR) is 161 cm³/mol. The molecule has 1 saturated heterocycles. The van der Waals surface area contributed by atoms with Crippen molar-refractivity contribution in [3.63, 3.8) is 0 Å². The molecular formula is C24H44N5O13P3. The molecule has 0 bridgehead atoms. The van der Waals surface area contributed by atoms with Crippen LogP contribution >= 0.6 is 23.5 Å². The summed E-state index contributed by atoms with van der Waals surface area (Å²) in [5.41, 5.74) is -0.968. The van der Waals surface area contributed by atoms with Crippen LogP contribution in [-0.4, -0.2) is 80.8 Å². The molecule has 21 heteroatoms. The quantitative estimate of drug-likeness (QED) is 0.0722. The van der Waals surface area contributed by atoms with Crippen molar-refractivity contribution in [1.82, 2.24) is 19.5 Å². The van der Waals surface area contributed by atoms with E-state index in [0.29, 0.717) is 29.9 Å². The van der Waals surface area contributed by atoms with E-state index in [9.17, 15) is 33.7 Å². The second kappa shape index (κ2) is 16.6. The molecule has 2 aromatic heterocycles. The fourth-order valence-electron chi connectivity index (χ4n) is 5.14. The molecule has 3 rings (SSSR count). The van der Waals surface area contributed by atoms with E-state index in [-0.39, 0.29) is 6.42 Å². The molecule has 258 valence electrons. The van der Waals surface area contributed by atoms with Crippen LogP contribution in [0.15, 0.2) is 12.7 Å². The van der Waals surface area contributed by atoms with Gasteiger partial charge in [-0.1, -0.05) is 65.2 Å². The van der Waals surface area contributed by atoms with E-state index in [0.717, 1.165) is 51.4 Å². The molecule has 0 radical (unpaired) electrons. The van der Waals surface area contributed by atoms with Crippen molar-refractivity contribution in [2.24, 2.45) is 0 Å². The van der Waals surface area contributed by atoms with Gasteiger partial charge in [-0.25, -0.2) is 28.6 Å². The number of aromatic nitrogens is 4. The van der Waals surface area contributed by atoms with Crippen LogP contribution in [0.1, 0.15) is 84.5 Å². The second-order valence-corrected chi connectivity index (χ2v) is 15.3. The maximum absolute atomic E-state index is 12.3. The summed E-state index contributed by atoms with van der Waals surface area (Å²) in [6.45, 7) is 3.89. The summed E-state index contributed by atoms with van der Waals surface area (Å²) >= 11 is 0. The first-order valence-electron chi connectivity index (χ1n) is 14.9. The third-order valence-electron chi connectivity index (χ3n) is 7.29. The number of phosphoric ester groups is 1. The zero-order chi connectivity index (χ0) is 33.3. The number of phosphoric acid groups is 3. The highest BCUT2D eigenvalue weighted by molar-refractivity contribution is 7.66. The third kappa shape index (κ3) is 10.8. The maximum atomic E-state index is 12.3. The van der Waals surface area contributed by atoms with Gasteiger partial charge in [0.2, 0.25) is 0 Å². The van der Waals surface area contributed by atoms with Crippen LogP contribution in [0.3, 0.4) is 0 Å². The summed E-state index contributed by atoms with van der Waals surface area (Å²) in [5, 5.41) is 25.6. The molecule has 3 heterocycles. The fourth-order valence-corrected chi connectivity index (χ4v) is 8.17. The van der Waals surface area contributed by atoms with E-state index < -0.39 is 54.1 Å². The van der Waals surface area contributed by atoms with Gasteiger partial charge in [0.15, 0.2) is 22.7 Å². The monoisotopic (exact) mass is 703 g/mol. The Morgan fingerprint density at radius 2 is 1.53 bits per heavy atom. The lowest BCUT2D eigenvalue weighted by Crippen LogP contribution is -2.45. The summed E-state index contributed by atoms with van der Waals surface area (Å²) in [6.07, 6.45) is 7.88. The summed E-state index contributed by atoms with van der Waals surface area (Å²) in [7, 11) is -16.8. The fraction of sp³-hybridized carbons (Fsp3) is 0.792. The van der Waals surface area contributed by atoms with E-state index in [1.54, 1.807) is 0 Å². The van der Waals surface area contributed by atoms with Crippen LogP contribution in [0, 0.1) is 0 Å². The van der Waals surface area contributed by atoms with E-state index >= 15 is 0 Å². The average molecular weight is 704 g/mol. The first kappa shape index (κ1) is 38.1. The first-order valence-corrected chi connectivity index (χ1v) is 19.4. The first-order chi connectivity index (χ1) is 21.1. The Kier molecular flexibility index (Phi) is 14.1. The molecular weight excluding hydrogens is 659 g/mol. The summed E-state index contributed by atoms with van der Waals surface area (Å²) in [5.74, 6) is 0.465. The number of imidazole rings is 1. The maximum Gasteiger partial charge on any atom is 0.490 e. The molecule has 45 heavy (non-hydrogen) atoms. The number of aliphatic hydroxyl groups excluding tert-OH is 2. The predicted octanol–water partition coefficient (Wildman–Crippen LogP) is 3.69. The molecule has 0 aromatic carbocycles. The van der Waals surface area contributed by atoms with Crippen molar-refractivity contribution >= 4 is 40.4 Å². The van der Waals surface area contributed by atoms with Gasteiger partial charge in [0.1, 0.15) is 24.6 Å². The Bertz CT molecular complexity index is 1380. The van der Waals surface area contributed by atoms with Gasteiger partial charge in [0.25, 0.3) is 0 Å². The number of ether oxygens (including phenoxy) is 1. The van der Waals surface area contributed by atoms with Gasteiger partial charge in [-0.15, -0.1) is 0 Å². The lowest BCUT2D eigenvalue weighted by molar-refractivity contribution is -0.150. The molecule has 0 aliphatic carbocycles. The van der Waals surface area contributed by atoms with Gasteiger partial charge in [-0.05, 0) is 19.3 Å². The largest absolute Gasteiger partial charge is 0.490 e. The van der Waals surface area contributed by atoms with Gasteiger partial charge >= 0.3 is 23.5 Å². The summed E-state index contributed by atoms with van der Waals surface area (Å²) in [6, 6.07) is 0. The number of nitrogens with one attached hydrogen (secondary N) is 1. The van der Waals surface area contributed by atoms with Crippen molar-refractivity contribution in [2.75, 3.05) is 18.5 Å². The Morgan fingerprint density at radius 3 is 2.18 bits per heavy atom. The Hall–Kier alpha value is -1.36. The lowest BCUT2D eigenvalue weighted by Gasteiger charge is -2.34. The highest BCUT2D eigenvalue weighted by Crippen LogP contribution is 2.66. The molecule has 7 N–H and O–H groups in total. The number of hydrogen-bond acceptors (Lipinski definition) is 13. The minimum absolute atomic E-state index is 0.181. The summed E-state index contributed by atoms with van der Waals surface area (Å²) < 4.78 is 54.8. The molecule has 0 saturated carbocycles. The van der Waals surface area contributed by atoms with Crippen LogP contribution in [0.2, 0.25) is 0 Å². The Morgan fingerprint density at radius 1 is 0.889 bits per heavy atom. The van der Waals surface area contributed by atoms with Gasteiger partial charge in [-0.2, -0.15) is 8.62 Å². The molecule has 0 amide bonds. The number of unbranched alkanes of at least 4 members (excludes halogenated alkanes) is 8. The number of aliphatic hydroxyl groups is 2. The van der Waals surface area contributed by atoms with Crippen LogP contribution in [0.5, 0.6) is 0 Å². The molecule has 2 aromatic rings. The second-order valence-electron chi connectivity index (χ2n) is 10.8. The van der Waals surface area contributed by atoms with Crippen molar-refractivity contribution in [2.45, 2.75) is 109 Å². The summed E-state index contributed by atoms with van der Waals surface area (Å²) in [4.78, 5) is 49.9. The molecule has 1 aliphatic heterocycles. The number of anilines is 1. The minimum atomic E-state index is -5.75. The van der Waals surface area contributed by atoms with Gasteiger partial charge in [0.05, 0.1) is 12.9 Å². The van der Waals surface area contributed by atoms with Gasteiger partial charge in [-0.3, -0.25) is 9.09 Å². The van der Waals surface area contributed by atoms with Crippen LogP contribution in [0.25, 0.3) is 11.2 Å². The van der Waals surface area contributed by atoms with E-state index in [2.05, 4.69) is 35.8 Å².